The van der Waals surface area contributed by atoms with Gasteiger partial charge in [0.2, 0.25) is 0 Å². The number of amides is 2. The number of rotatable bonds is 7. The second-order valence-electron chi connectivity index (χ2n) is 9.07. The van der Waals surface area contributed by atoms with Crippen molar-refractivity contribution in [1.82, 2.24) is 14.7 Å². The molecule has 2 aliphatic heterocycles. The van der Waals surface area contributed by atoms with Crippen molar-refractivity contribution in [2.24, 2.45) is 17.6 Å². The predicted octanol–water partition coefficient (Wildman–Crippen LogP) is 3.50. The summed E-state index contributed by atoms with van der Waals surface area (Å²) >= 11 is 0. The molecule has 186 valence electrons. The molecule has 0 radical (unpaired) electrons. The second-order valence-corrected chi connectivity index (χ2v) is 9.07. The molecule has 4 rings (SSSR count). The molecule has 0 aliphatic carbocycles. The van der Waals surface area contributed by atoms with Crippen LogP contribution in [0.5, 0.6) is 0 Å². The minimum absolute atomic E-state index is 0.0163. The van der Waals surface area contributed by atoms with Gasteiger partial charge in [0.05, 0.1) is 18.5 Å². The molecule has 2 saturated heterocycles. The Labute approximate surface area is 202 Å². The molecule has 1 aromatic heterocycles. The van der Waals surface area contributed by atoms with E-state index < -0.39 is 17.8 Å². The molecule has 2 aliphatic rings. The van der Waals surface area contributed by atoms with E-state index in [1.165, 1.54) is 35.4 Å². The van der Waals surface area contributed by atoms with E-state index in [-0.39, 0.29) is 41.7 Å². The lowest BCUT2D eigenvalue weighted by atomic mass is 9.77. The average molecular weight is 485 g/mol. The number of ether oxygens (including phenoxy) is 1. The first-order valence-electron chi connectivity index (χ1n) is 11.7. The van der Waals surface area contributed by atoms with Gasteiger partial charge in [-0.05, 0) is 61.8 Å². The molecule has 2 amide bonds. The lowest BCUT2D eigenvalue weighted by Gasteiger charge is -2.44. The molecule has 4 N–H and O–H groups in total. The first kappa shape index (κ1) is 24.5. The summed E-state index contributed by atoms with van der Waals surface area (Å²) in [5.41, 5.74) is 6.27. The van der Waals surface area contributed by atoms with E-state index >= 15 is 0 Å². The van der Waals surface area contributed by atoms with E-state index in [2.05, 4.69) is 16.5 Å². The third-order valence-corrected chi connectivity index (χ3v) is 7.03. The Morgan fingerprint density at radius 2 is 2.00 bits per heavy atom. The number of primary amides is 1. The van der Waals surface area contributed by atoms with Crippen LogP contribution < -0.4 is 11.1 Å². The smallest absolute Gasteiger partial charge is 0.407 e. The molecule has 2 fully saturated rings. The standard InChI is InChI=1S/C24H29FN6O4/c25-17-1-3-18(4-2-17)28-23-19(22(27)32)14-31(29-23)20(5-9-26)16-6-10-30(24(33)34)21(13-16)15-7-11-35-12-8-15/h1-4,14-16,20-21H,5-8,10-13H2,(H2,27,32)(H,28,29)(H,33,34). The van der Waals surface area contributed by atoms with Gasteiger partial charge < -0.3 is 25.8 Å². The van der Waals surface area contributed by atoms with Crippen molar-refractivity contribution < 1.29 is 23.8 Å². The lowest BCUT2D eigenvalue weighted by Crippen LogP contribution is -2.51. The van der Waals surface area contributed by atoms with Gasteiger partial charge in [-0.25, -0.2) is 9.18 Å². The van der Waals surface area contributed by atoms with Crippen molar-refractivity contribution in [3.05, 3.63) is 41.8 Å². The van der Waals surface area contributed by atoms with Crippen molar-refractivity contribution in [2.75, 3.05) is 25.1 Å². The SMILES string of the molecule is N#CCC(C1CCN(C(=O)O)C(C2CCOCC2)C1)n1cc(C(N)=O)c(Nc2ccc(F)cc2)n1. The van der Waals surface area contributed by atoms with Crippen molar-refractivity contribution in [1.29, 1.82) is 5.26 Å². The summed E-state index contributed by atoms with van der Waals surface area (Å²) in [6, 6.07) is 7.30. The zero-order chi connectivity index (χ0) is 24.9. The minimum atomic E-state index is -0.933. The van der Waals surface area contributed by atoms with Crippen LogP contribution >= 0.6 is 0 Å². The van der Waals surface area contributed by atoms with Gasteiger partial charge in [0.25, 0.3) is 5.91 Å². The zero-order valence-corrected chi connectivity index (χ0v) is 19.3. The van der Waals surface area contributed by atoms with Gasteiger partial charge in [0.15, 0.2) is 5.82 Å². The highest BCUT2D eigenvalue weighted by atomic mass is 19.1. The summed E-state index contributed by atoms with van der Waals surface area (Å²) < 4.78 is 20.3. The molecule has 1 aromatic carbocycles. The predicted molar refractivity (Wildman–Crippen MR) is 124 cm³/mol. The van der Waals surface area contributed by atoms with E-state index in [0.717, 1.165) is 12.8 Å². The molecule has 3 heterocycles. The van der Waals surface area contributed by atoms with Crippen LogP contribution in [-0.2, 0) is 4.74 Å². The molecular formula is C24H29FN6O4. The van der Waals surface area contributed by atoms with E-state index in [4.69, 9.17) is 10.5 Å². The number of nitriles is 1. The van der Waals surface area contributed by atoms with E-state index in [0.29, 0.717) is 38.3 Å². The molecular weight excluding hydrogens is 455 g/mol. The number of nitrogens with two attached hydrogens (primary N) is 1. The van der Waals surface area contributed by atoms with E-state index in [1.54, 1.807) is 4.68 Å². The van der Waals surface area contributed by atoms with Gasteiger partial charge in [-0.2, -0.15) is 10.4 Å². The maximum Gasteiger partial charge on any atom is 0.407 e. The molecule has 11 heteroatoms. The maximum atomic E-state index is 13.3. The number of hydrogen-bond acceptors (Lipinski definition) is 6. The Morgan fingerprint density at radius 1 is 1.29 bits per heavy atom. The number of carbonyl (C=O) groups is 2. The lowest BCUT2D eigenvalue weighted by molar-refractivity contribution is 0.000374. The van der Waals surface area contributed by atoms with Gasteiger partial charge in [-0.15, -0.1) is 0 Å². The maximum absolute atomic E-state index is 13.3. The number of nitrogens with one attached hydrogen (secondary N) is 1. The largest absolute Gasteiger partial charge is 0.465 e. The number of nitrogens with zero attached hydrogens (tertiary/aromatic N) is 4. The highest BCUT2D eigenvalue weighted by Crippen LogP contribution is 2.39. The van der Waals surface area contributed by atoms with Crippen LogP contribution in [-0.4, -0.2) is 57.6 Å². The Bertz CT molecular complexity index is 1090. The average Bonchev–Trinajstić information content (AvgIpc) is 3.28. The Hall–Kier alpha value is -3.65. The zero-order valence-electron chi connectivity index (χ0n) is 19.3. The van der Waals surface area contributed by atoms with Crippen LogP contribution in [0.4, 0.5) is 20.7 Å². The van der Waals surface area contributed by atoms with Crippen LogP contribution in [0.3, 0.4) is 0 Å². The van der Waals surface area contributed by atoms with E-state index in [1.807, 2.05) is 0 Å². The third kappa shape index (κ3) is 5.54. The Kier molecular flexibility index (Phi) is 7.51. The number of carboxylic acid groups (broad SMARTS) is 1. The number of anilines is 2. The fraction of sp³-hybridized carbons (Fsp3) is 0.500. The molecule has 0 spiro atoms. The molecule has 2 aromatic rings. The number of benzene rings is 1. The van der Waals surface area contributed by atoms with Crippen molar-refractivity contribution >= 4 is 23.5 Å². The fourth-order valence-electron chi connectivity index (χ4n) is 5.23. The fourth-order valence-corrected chi connectivity index (χ4v) is 5.23. The highest BCUT2D eigenvalue weighted by Gasteiger charge is 2.40. The summed E-state index contributed by atoms with van der Waals surface area (Å²) in [7, 11) is 0. The third-order valence-electron chi connectivity index (χ3n) is 7.03. The summed E-state index contributed by atoms with van der Waals surface area (Å²) in [5.74, 6) is -0.678. The number of piperidine rings is 1. The van der Waals surface area contributed by atoms with Crippen LogP contribution in [0, 0.1) is 29.0 Å². The topological polar surface area (TPSA) is 146 Å². The summed E-state index contributed by atoms with van der Waals surface area (Å²) in [6.45, 7) is 1.59. The summed E-state index contributed by atoms with van der Waals surface area (Å²) in [6.07, 6.45) is 3.50. The molecule has 0 bridgehead atoms. The van der Waals surface area contributed by atoms with Crippen molar-refractivity contribution in [2.45, 2.75) is 44.2 Å². The number of aromatic nitrogens is 2. The normalized spacial score (nSPS) is 21.8. The van der Waals surface area contributed by atoms with Crippen LogP contribution in [0.1, 0.15) is 48.5 Å². The summed E-state index contributed by atoms with van der Waals surface area (Å²) in [4.78, 5) is 25.6. The van der Waals surface area contributed by atoms with Crippen LogP contribution in [0.15, 0.2) is 30.5 Å². The Morgan fingerprint density at radius 3 is 2.63 bits per heavy atom. The number of likely N-dealkylation sites (tertiary alicyclic amines) is 1. The van der Waals surface area contributed by atoms with E-state index in [9.17, 15) is 24.3 Å². The first-order valence-corrected chi connectivity index (χ1v) is 11.7. The molecule has 3 atom stereocenters. The van der Waals surface area contributed by atoms with Gasteiger partial charge in [0.1, 0.15) is 11.4 Å². The van der Waals surface area contributed by atoms with Gasteiger partial charge in [-0.3, -0.25) is 9.48 Å². The molecule has 3 unspecified atom stereocenters. The number of halogens is 1. The first-order chi connectivity index (χ1) is 16.9. The van der Waals surface area contributed by atoms with Crippen LogP contribution in [0.2, 0.25) is 0 Å². The van der Waals surface area contributed by atoms with Crippen molar-refractivity contribution in [3.8, 4) is 6.07 Å². The highest BCUT2D eigenvalue weighted by molar-refractivity contribution is 5.98. The van der Waals surface area contributed by atoms with Crippen LogP contribution in [0.25, 0.3) is 0 Å². The van der Waals surface area contributed by atoms with Gasteiger partial charge in [-0.1, -0.05) is 0 Å². The molecule has 0 saturated carbocycles. The summed E-state index contributed by atoms with van der Waals surface area (Å²) in [5, 5.41) is 26.9. The second kappa shape index (κ2) is 10.7. The number of hydrogen-bond donors (Lipinski definition) is 3. The molecule has 35 heavy (non-hydrogen) atoms. The van der Waals surface area contributed by atoms with Crippen molar-refractivity contribution in [3.63, 3.8) is 0 Å². The van der Waals surface area contributed by atoms with Gasteiger partial charge in [0, 0.05) is 37.7 Å². The number of carbonyl (C=O) groups excluding carboxylic acids is 1. The quantitative estimate of drug-likeness (QED) is 0.545. The minimum Gasteiger partial charge on any atom is -0.465 e. The van der Waals surface area contributed by atoms with Gasteiger partial charge >= 0.3 is 6.09 Å². The molecule has 10 nitrogen and oxygen atoms in total. The monoisotopic (exact) mass is 484 g/mol. The Balaban J connectivity index is 1.61.